The summed E-state index contributed by atoms with van der Waals surface area (Å²) in [4.78, 5) is 0. The highest BCUT2D eigenvalue weighted by Crippen LogP contribution is 2.36. The molecule has 1 aliphatic carbocycles. The summed E-state index contributed by atoms with van der Waals surface area (Å²) >= 11 is 0. The van der Waals surface area contributed by atoms with E-state index in [1.807, 2.05) is 6.92 Å². The number of aryl methyl sites for hydroxylation is 2. The molecule has 26 heavy (non-hydrogen) atoms. The van der Waals surface area contributed by atoms with Gasteiger partial charge in [-0.05, 0) is 79.3 Å². The van der Waals surface area contributed by atoms with E-state index in [1.54, 1.807) is 12.2 Å². The van der Waals surface area contributed by atoms with Crippen molar-refractivity contribution >= 4 is 6.08 Å². The lowest BCUT2D eigenvalue weighted by atomic mass is 9.79. The number of unbranched alkanes of at least 4 members (excludes halogenated alkanes) is 2. The van der Waals surface area contributed by atoms with Gasteiger partial charge in [-0.25, -0.2) is 8.78 Å². The van der Waals surface area contributed by atoms with Crippen molar-refractivity contribution in [1.29, 1.82) is 0 Å². The maximum Gasteiger partial charge on any atom is 0.130 e. The molecule has 2 heteroatoms. The summed E-state index contributed by atoms with van der Waals surface area (Å²) in [5, 5.41) is 0. The third-order valence-corrected chi connectivity index (χ3v) is 5.44. The van der Waals surface area contributed by atoms with Gasteiger partial charge in [0.25, 0.3) is 0 Å². The van der Waals surface area contributed by atoms with Crippen molar-refractivity contribution in [3.05, 3.63) is 75.9 Å². The van der Waals surface area contributed by atoms with E-state index in [2.05, 4.69) is 25.1 Å². The molecule has 1 atom stereocenters. The van der Waals surface area contributed by atoms with Crippen molar-refractivity contribution in [3.8, 4) is 0 Å². The second-order valence-electron chi connectivity index (χ2n) is 7.40. The molecule has 0 heterocycles. The minimum atomic E-state index is -0.414. The highest BCUT2D eigenvalue weighted by molar-refractivity contribution is 5.51. The van der Waals surface area contributed by atoms with Gasteiger partial charge in [0.15, 0.2) is 0 Å². The molecule has 0 aromatic heterocycles. The Bertz CT molecular complexity index is 766. The number of rotatable bonds is 6. The number of allylic oxidation sites excluding steroid dienone is 1. The van der Waals surface area contributed by atoms with Crippen LogP contribution >= 0.6 is 0 Å². The predicted octanol–water partition coefficient (Wildman–Crippen LogP) is 7.00. The van der Waals surface area contributed by atoms with Crippen LogP contribution < -0.4 is 0 Å². The third-order valence-electron chi connectivity index (χ3n) is 5.44. The first-order valence-electron chi connectivity index (χ1n) is 9.84. The van der Waals surface area contributed by atoms with Crippen LogP contribution in [-0.4, -0.2) is 0 Å². The van der Waals surface area contributed by atoms with E-state index < -0.39 is 11.6 Å². The summed E-state index contributed by atoms with van der Waals surface area (Å²) in [5.74, 6) is -0.904. The smallest absolute Gasteiger partial charge is 0.130 e. The zero-order chi connectivity index (χ0) is 18.5. The number of halogens is 2. The number of fused-ring (bicyclic) bond motifs is 1. The Kier molecular flexibility index (Phi) is 6.24. The van der Waals surface area contributed by atoms with Gasteiger partial charge in [-0.3, -0.25) is 0 Å². The van der Waals surface area contributed by atoms with Gasteiger partial charge in [0.1, 0.15) is 11.6 Å². The zero-order valence-electron chi connectivity index (χ0n) is 15.8. The topological polar surface area (TPSA) is 0 Å². The number of hydrogen-bond donors (Lipinski definition) is 0. The first kappa shape index (κ1) is 18.8. The molecule has 0 spiro atoms. The number of hydrogen-bond acceptors (Lipinski definition) is 0. The maximum atomic E-state index is 14.6. The van der Waals surface area contributed by atoms with Crippen LogP contribution in [0.1, 0.15) is 73.3 Å². The molecule has 0 aliphatic heterocycles. The molecule has 0 fully saturated rings. The number of benzene rings is 2. The van der Waals surface area contributed by atoms with Gasteiger partial charge in [0.05, 0.1) is 0 Å². The predicted molar refractivity (Wildman–Crippen MR) is 106 cm³/mol. The summed E-state index contributed by atoms with van der Waals surface area (Å²) in [6, 6.07) is 9.57. The molecule has 1 aliphatic rings. The van der Waals surface area contributed by atoms with Crippen LogP contribution in [0.2, 0.25) is 0 Å². The van der Waals surface area contributed by atoms with Gasteiger partial charge in [-0.2, -0.15) is 0 Å². The molecule has 2 aromatic rings. The Labute approximate surface area is 156 Å². The summed E-state index contributed by atoms with van der Waals surface area (Å²) in [6.07, 6.45) is 10.8. The van der Waals surface area contributed by atoms with E-state index in [1.165, 1.54) is 48.1 Å². The van der Waals surface area contributed by atoms with E-state index in [-0.39, 0.29) is 11.5 Å². The van der Waals surface area contributed by atoms with Gasteiger partial charge in [0.2, 0.25) is 0 Å². The Morgan fingerprint density at radius 1 is 1.04 bits per heavy atom. The van der Waals surface area contributed by atoms with Crippen LogP contribution in [-0.2, 0) is 19.3 Å². The van der Waals surface area contributed by atoms with Crippen molar-refractivity contribution in [2.24, 2.45) is 0 Å². The minimum Gasteiger partial charge on any atom is -0.207 e. The fraction of sp³-hybridized carbons (Fsp3) is 0.417. The summed E-state index contributed by atoms with van der Waals surface area (Å²) in [6.45, 7) is 4.06. The van der Waals surface area contributed by atoms with E-state index in [0.717, 1.165) is 25.7 Å². The lowest BCUT2D eigenvalue weighted by molar-refractivity contribution is 0.491. The molecule has 0 saturated carbocycles. The second kappa shape index (κ2) is 8.62. The summed E-state index contributed by atoms with van der Waals surface area (Å²) < 4.78 is 29.1. The Morgan fingerprint density at radius 2 is 1.81 bits per heavy atom. The van der Waals surface area contributed by atoms with E-state index in [4.69, 9.17) is 0 Å². The lowest BCUT2D eigenvalue weighted by Gasteiger charge is -2.26. The van der Waals surface area contributed by atoms with Crippen molar-refractivity contribution < 1.29 is 8.78 Å². The molecule has 2 aromatic carbocycles. The first-order chi connectivity index (χ1) is 12.6. The highest BCUT2D eigenvalue weighted by Gasteiger charge is 2.25. The van der Waals surface area contributed by atoms with Gasteiger partial charge in [-0.15, -0.1) is 0 Å². The third kappa shape index (κ3) is 4.23. The second-order valence-corrected chi connectivity index (χ2v) is 7.40. The fourth-order valence-electron chi connectivity index (χ4n) is 4.07. The van der Waals surface area contributed by atoms with Crippen LogP contribution in [0.25, 0.3) is 6.08 Å². The molecule has 0 bridgehead atoms. The Hall–Kier alpha value is -1.96. The van der Waals surface area contributed by atoms with Crippen molar-refractivity contribution in [2.75, 3.05) is 0 Å². The largest absolute Gasteiger partial charge is 0.207 e. The molecule has 1 unspecified atom stereocenters. The van der Waals surface area contributed by atoms with Gasteiger partial charge in [-0.1, -0.05) is 50.1 Å². The van der Waals surface area contributed by atoms with E-state index in [9.17, 15) is 8.78 Å². The van der Waals surface area contributed by atoms with Crippen LogP contribution in [0.5, 0.6) is 0 Å². The molecule has 0 saturated heterocycles. The molecule has 0 nitrogen and oxygen atoms in total. The van der Waals surface area contributed by atoms with E-state index in [0.29, 0.717) is 5.56 Å². The minimum absolute atomic E-state index is 0.0758. The maximum absolute atomic E-state index is 14.6. The molecule has 0 radical (unpaired) electrons. The Morgan fingerprint density at radius 3 is 2.50 bits per heavy atom. The SMILES string of the molecule is C/C=C/c1cc(F)c(C2CCc3cc(CCCCC)ccc3C2)c(F)c1. The van der Waals surface area contributed by atoms with E-state index >= 15 is 0 Å². The van der Waals surface area contributed by atoms with Crippen molar-refractivity contribution in [2.45, 2.75) is 64.7 Å². The van der Waals surface area contributed by atoms with Crippen molar-refractivity contribution in [1.82, 2.24) is 0 Å². The first-order valence-corrected chi connectivity index (χ1v) is 9.84. The lowest BCUT2D eigenvalue weighted by Crippen LogP contribution is -2.16. The van der Waals surface area contributed by atoms with Crippen LogP contribution in [0, 0.1) is 11.6 Å². The highest BCUT2D eigenvalue weighted by atomic mass is 19.1. The molecule has 0 N–H and O–H groups in total. The summed E-state index contributed by atoms with van der Waals surface area (Å²) in [5.41, 5.74) is 4.84. The Balaban J connectivity index is 1.78. The zero-order valence-corrected chi connectivity index (χ0v) is 15.8. The molecule has 0 amide bonds. The normalized spacial score (nSPS) is 16.8. The summed E-state index contributed by atoms with van der Waals surface area (Å²) in [7, 11) is 0. The molecular formula is C24H28F2. The van der Waals surface area contributed by atoms with Crippen LogP contribution in [0.4, 0.5) is 8.78 Å². The van der Waals surface area contributed by atoms with Gasteiger partial charge >= 0.3 is 0 Å². The van der Waals surface area contributed by atoms with Crippen molar-refractivity contribution in [3.63, 3.8) is 0 Å². The molecular weight excluding hydrogens is 326 g/mol. The van der Waals surface area contributed by atoms with Crippen LogP contribution in [0.3, 0.4) is 0 Å². The molecule has 3 rings (SSSR count). The monoisotopic (exact) mass is 354 g/mol. The quantitative estimate of drug-likeness (QED) is 0.490. The standard InChI is InChI=1S/C24H28F2/c1-3-5-6-8-17-9-10-20-16-21(12-11-19(20)13-17)24-22(25)14-18(7-4-2)15-23(24)26/h4,7,9-10,13-15,21H,3,5-6,8,11-12,16H2,1-2H3/b7-4+. The van der Waals surface area contributed by atoms with Gasteiger partial charge < -0.3 is 0 Å². The average molecular weight is 354 g/mol. The fourth-order valence-corrected chi connectivity index (χ4v) is 4.07. The van der Waals surface area contributed by atoms with Crippen LogP contribution in [0.15, 0.2) is 36.4 Å². The average Bonchev–Trinajstić information content (AvgIpc) is 2.61. The molecule has 138 valence electrons. The van der Waals surface area contributed by atoms with Gasteiger partial charge in [0, 0.05) is 5.56 Å².